The summed E-state index contributed by atoms with van der Waals surface area (Å²) in [6, 6.07) is 6.23. The SMILES string of the molecule is COc1ccc(S(=O)(=O)NCCCCCCCC(=O)O)cc1. The Kier molecular flexibility index (Phi) is 7.90. The standard InChI is InChI=1S/C15H23NO5S/c1-21-13-8-10-14(11-9-13)22(19,20)16-12-6-4-2-3-5-7-15(17)18/h8-11,16H,2-7,12H2,1H3,(H,17,18). The molecule has 7 heteroatoms. The van der Waals surface area contributed by atoms with Gasteiger partial charge in [-0.3, -0.25) is 4.79 Å². The van der Waals surface area contributed by atoms with Crippen molar-refractivity contribution in [2.24, 2.45) is 0 Å². The number of unbranched alkanes of at least 4 members (excludes halogenated alkanes) is 4. The average molecular weight is 329 g/mol. The number of hydrogen-bond donors (Lipinski definition) is 2. The number of ether oxygens (including phenoxy) is 1. The normalized spacial score (nSPS) is 11.3. The van der Waals surface area contributed by atoms with Crippen molar-refractivity contribution in [3.63, 3.8) is 0 Å². The molecule has 22 heavy (non-hydrogen) atoms. The third-order valence-electron chi connectivity index (χ3n) is 3.23. The highest BCUT2D eigenvalue weighted by atomic mass is 32.2. The van der Waals surface area contributed by atoms with E-state index in [0.717, 1.165) is 25.7 Å². The predicted molar refractivity (Wildman–Crippen MR) is 83.5 cm³/mol. The quantitative estimate of drug-likeness (QED) is 0.608. The molecule has 0 atom stereocenters. The molecule has 0 unspecified atom stereocenters. The first-order valence-corrected chi connectivity index (χ1v) is 8.79. The van der Waals surface area contributed by atoms with Crippen molar-refractivity contribution >= 4 is 16.0 Å². The number of hydrogen-bond acceptors (Lipinski definition) is 4. The molecular formula is C15H23NO5S. The lowest BCUT2D eigenvalue weighted by Gasteiger charge is -2.07. The van der Waals surface area contributed by atoms with Gasteiger partial charge in [0, 0.05) is 13.0 Å². The fourth-order valence-corrected chi connectivity index (χ4v) is 3.05. The molecule has 0 radical (unpaired) electrons. The first-order chi connectivity index (χ1) is 10.5. The van der Waals surface area contributed by atoms with Crippen LogP contribution in [0.2, 0.25) is 0 Å². The molecule has 0 fully saturated rings. The van der Waals surface area contributed by atoms with E-state index in [4.69, 9.17) is 9.84 Å². The van der Waals surface area contributed by atoms with E-state index < -0.39 is 16.0 Å². The van der Waals surface area contributed by atoms with Gasteiger partial charge >= 0.3 is 5.97 Å². The van der Waals surface area contributed by atoms with Crippen molar-refractivity contribution in [3.05, 3.63) is 24.3 Å². The minimum Gasteiger partial charge on any atom is -0.497 e. The van der Waals surface area contributed by atoms with Crippen LogP contribution in [-0.4, -0.2) is 33.1 Å². The molecule has 0 saturated carbocycles. The number of nitrogens with one attached hydrogen (secondary N) is 1. The molecule has 2 N–H and O–H groups in total. The van der Waals surface area contributed by atoms with Gasteiger partial charge in [0.05, 0.1) is 12.0 Å². The van der Waals surface area contributed by atoms with E-state index in [0.29, 0.717) is 18.7 Å². The lowest BCUT2D eigenvalue weighted by Crippen LogP contribution is -2.24. The topological polar surface area (TPSA) is 92.7 Å². The molecule has 0 bridgehead atoms. The summed E-state index contributed by atoms with van der Waals surface area (Å²) in [4.78, 5) is 10.6. The lowest BCUT2D eigenvalue weighted by atomic mass is 10.1. The van der Waals surface area contributed by atoms with Gasteiger partial charge < -0.3 is 9.84 Å². The number of rotatable bonds is 11. The molecule has 0 amide bonds. The Morgan fingerprint density at radius 1 is 1.09 bits per heavy atom. The largest absolute Gasteiger partial charge is 0.497 e. The summed E-state index contributed by atoms with van der Waals surface area (Å²) in [6.07, 6.45) is 4.26. The van der Waals surface area contributed by atoms with Gasteiger partial charge in [-0.1, -0.05) is 19.3 Å². The van der Waals surface area contributed by atoms with E-state index in [1.165, 1.54) is 19.2 Å². The van der Waals surface area contributed by atoms with Crippen molar-refractivity contribution in [3.8, 4) is 5.75 Å². The van der Waals surface area contributed by atoms with Crippen molar-refractivity contribution in [1.29, 1.82) is 0 Å². The highest BCUT2D eigenvalue weighted by Crippen LogP contribution is 2.15. The average Bonchev–Trinajstić information content (AvgIpc) is 2.49. The Bertz CT molecular complexity index is 554. The molecule has 1 rings (SSSR count). The molecule has 0 saturated heterocycles. The zero-order valence-corrected chi connectivity index (χ0v) is 13.6. The maximum atomic E-state index is 12.0. The minimum atomic E-state index is -3.48. The molecule has 0 aliphatic carbocycles. The van der Waals surface area contributed by atoms with Gasteiger partial charge in [0.1, 0.15) is 5.75 Å². The first kappa shape index (κ1) is 18.4. The summed E-state index contributed by atoms with van der Waals surface area (Å²) < 4.78 is 31.6. The zero-order valence-electron chi connectivity index (χ0n) is 12.7. The Morgan fingerprint density at radius 2 is 1.68 bits per heavy atom. The number of sulfonamides is 1. The Morgan fingerprint density at radius 3 is 2.27 bits per heavy atom. The summed E-state index contributed by atoms with van der Waals surface area (Å²) in [5.41, 5.74) is 0. The maximum Gasteiger partial charge on any atom is 0.303 e. The maximum absolute atomic E-state index is 12.0. The number of carbonyl (C=O) groups is 1. The first-order valence-electron chi connectivity index (χ1n) is 7.31. The Hall–Kier alpha value is -1.60. The number of carboxylic acid groups (broad SMARTS) is 1. The van der Waals surface area contributed by atoms with Crippen LogP contribution in [0.4, 0.5) is 0 Å². The van der Waals surface area contributed by atoms with Crippen LogP contribution in [0.5, 0.6) is 5.75 Å². The summed E-state index contributed by atoms with van der Waals surface area (Å²) in [5, 5.41) is 8.50. The van der Waals surface area contributed by atoms with Gasteiger partial charge in [0.25, 0.3) is 0 Å². The third kappa shape index (κ3) is 6.91. The molecule has 1 aromatic carbocycles. The summed E-state index contributed by atoms with van der Waals surface area (Å²) in [7, 11) is -1.95. The van der Waals surface area contributed by atoms with Crippen LogP contribution in [-0.2, 0) is 14.8 Å². The third-order valence-corrected chi connectivity index (χ3v) is 4.71. The van der Waals surface area contributed by atoms with E-state index >= 15 is 0 Å². The molecule has 6 nitrogen and oxygen atoms in total. The van der Waals surface area contributed by atoms with Crippen LogP contribution in [0.3, 0.4) is 0 Å². The lowest BCUT2D eigenvalue weighted by molar-refractivity contribution is -0.137. The van der Waals surface area contributed by atoms with Crippen molar-refractivity contribution in [2.45, 2.75) is 43.4 Å². The highest BCUT2D eigenvalue weighted by Gasteiger charge is 2.12. The molecule has 124 valence electrons. The summed E-state index contributed by atoms with van der Waals surface area (Å²) in [5.74, 6) is -0.160. The van der Waals surface area contributed by atoms with Crippen LogP contribution in [0.25, 0.3) is 0 Å². The Balaban J connectivity index is 2.24. The molecule has 0 aromatic heterocycles. The Labute approximate surface area is 131 Å². The van der Waals surface area contributed by atoms with Crippen LogP contribution < -0.4 is 9.46 Å². The van der Waals surface area contributed by atoms with Gasteiger partial charge in [-0.05, 0) is 37.1 Å². The molecule has 0 aliphatic rings. The van der Waals surface area contributed by atoms with E-state index in [1.807, 2.05) is 0 Å². The summed E-state index contributed by atoms with van der Waals surface area (Å²) >= 11 is 0. The van der Waals surface area contributed by atoms with E-state index in [2.05, 4.69) is 4.72 Å². The number of aliphatic carboxylic acids is 1. The fraction of sp³-hybridized carbons (Fsp3) is 0.533. The monoisotopic (exact) mass is 329 g/mol. The molecular weight excluding hydrogens is 306 g/mol. The van der Waals surface area contributed by atoms with Gasteiger partial charge in [-0.2, -0.15) is 0 Å². The van der Waals surface area contributed by atoms with Crippen molar-refractivity contribution in [2.75, 3.05) is 13.7 Å². The van der Waals surface area contributed by atoms with Crippen molar-refractivity contribution < 1.29 is 23.1 Å². The second-order valence-electron chi connectivity index (χ2n) is 4.98. The van der Waals surface area contributed by atoms with E-state index in [9.17, 15) is 13.2 Å². The van der Waals surface area contributed by atoms with Gasteiger partial charge in [0.15, 0.2) is 0 Å². The minimum absolute atomic E-state index is 0.199. The predicted octanol–water partition coefficient (Wildman–Crippen LogP) is 2.40. The van der Waals surface area contributed by atoms with Gasteiger partial charge in [0.2, 0.25) is 10.0 Å². The zero-order chi connectivity index (χ0) is 16.4. The number of carboxylic acids is 1. The number of benzene rings is 1. The second kappa shape index (κ2) is 9.42. The highest BCUT2D eigenvalue weighted by molar-refractivity contribution is 7.89. The van der Waals surface area contributed by atoms with Crippen LogP contribution in [0.15, 0.2) is 29.2 Å². The smallest absolute Gasteiger partial charge is 0.303 e. The molecule has 0 aliphatic heterocycles. The summed E-state index contributed by atoms with van der Waals surface area (Å²) in [6.45, 7) is 0.382. The molecule has 0 heterocycles. The van der Waals surface area contributed by atoms with Crippen LogP contribution >= 0.6 is 0 Å². The van der Waals surface area contributed by atoms with Gasteiger partial charge in [-0.15, -0.1) is 0 Å². The molecule has 1 aromatic rings. The van der Waals surface area contributed by atoms with Gasteiger partial charge in [-0.25, -0.2) is 13.1 Å². The van der Waals surface area contributed by atoms with E-state index in [-0.39, 0.29) is 11.3 Å². The fourth-order valence-electron chi connectivity index (χ4n) is 1.98. The van der Waals surface area contributed by atoms with Crippen LogP contribution in [0, 0.1) is 0 Å². The van der Waals surface area contributed by atoms with E-state index in [1.54, 1.807) is 12.1 Å². The second-order valence-corrected chi connectivity index (χ2v) is 6.75. The molecule has 0 spiro atoms. The van der Waals surface area contributed by atoms with Crippen LogP contribution in [0.1, 0.15) is 38.5 Å². The van der Waals surface area contributed by atoms with Crippen molar-refractivity contribution in [1.82, 2.24) is 4.72 Å². The number of methoxy groups -OCH3 is 1.